The fourth-order valence-electron chi connectivity index (χ4n) is 1.79. The van der Waals surface area contributed by atoms with Crippen molar-refractivity contribution >= 4 is 0 Å². The van der Waals surface area contributed by atoms with Crippen LogP contribution in [0.2, 0.25) is 0 Å². The molecule has 0 saturated heterocycles. The van der Waals surface area contributed by atoms with Crippen molar-refractivity contribution in [1.82, 2.24) is 10.6 Å². The molecule has 0 aliphatic heterocycles. The van der Waals surface area contributed by atoms with Crippen LogP contribution in [0.25, 0.3) is 0 Å². The van der Waals surface area contributed by atoms with Crippen LogP contribution in [-0.4, -0.2) is 47.0 Å². The molecule has 0 aromatic heterocycles. The lowest BCUT2D eigenvalue weighted by atomic mass is 10.1. The minimum atomic E-state index is 0.783. The minimum absolute atomic E-state index is 0.783. The summed E-state index contributed by atoms with van der Waals surface area (Å²) < 4.78 is 10.1. The molecule has 0 unspecified atom stereocenters. The zero-order chi connectivity index (χ0) is 13.8. The van der Waals surface area contributed by atoms with Crippen molar-refractivity contribution in [3.63, 3.8) is 0 Å². The molecule has 4 nitrogen and oxygen atoms in total. The van der Waals surface area contributed by atoms with Gasteiger partial charge in [0.1, 0.15) is 5.75 Å². The fraction of sp³-hybridized carbons (Fsp3) is 0.600. The van der Waals surface area contributed by atoms with E-state index in [1.165, 1.54) is 5.56 Å². The maximum absolute atomic E-state index is 5.14. The van der Waals surface area contributed by atoms with Crippen LogP contribution in [-0.2, 0) is 11.2 Å². The van der Waals surface area contributed by atoms with Gasteiger partial charge in [-0.25, -0.2) is 0 Å². The third-order valence-corrected chi connectivity index (χ3v) is 2.94. The van der Waals surface area contributed by atoms with Crippen LogP contribution in [0.1, 0.15) is 12.0 Å². The van der Waals surface area contributed by atoms with Gasteiger partial charge in [0, 0.05) is 13.7 Å². The molecule has 0 heterocycles. The molecule has 0 aliphatic rings. The molecule has 0 aliphatic carbocycles. The number of benzene rings is 1. The van der Waals surface area contributed by atoms with Crippen LogP contribution in [0, 0.1) is 0 Å². The Kier molecular flexibility index (Phi) is 9.06. The molecule has 0 amide bonds. The van der Waals surface area contributed by atoms with Gasteiger partial charge in [0.2, 0.25) is 0 Å². The normalized spacial score (nSPS) is 10.6. The smallest absolute Gasteiger partial charge is 0.118 e. The SMILES string of the molecule is COCCNCCCNCCc1ccc(OC)cc1. The first-order valence-electron chi connectivity index (χ1n) is 6.90. The Morgan fingerprint density at radius 1 is 0.895 bits per heavy atom. The maximum Gasteiger partial charge on any atom is 0.118 e. The lowest BCUT2D eigenvalue weighted by Gasteiger charge is -2.07. The number of hydrogen-bond acceptors (Lipinski definition) is 4. The summed E-state index contributed by atoms with van der Waals surface area (Å²) >= 11 is 0. The topological polar surface area (TPSA) is 42.5 Å². The van der Waals surface area contributed by atoms with Gasteiger partial charge in [-0.1, -0.05) is 12.1 Å². The molecule has 0 atom stereocenters. The van der Waals surface area contributed by atoms with Gasteiger partial charge >= 0.3 is 0 Å². The molecule has 19 heavy (non-hydrogen) atoms. The first-order valence-corrected chi connectivity index (χ1v) is 6.90. The summed E-state index contributed by atoms with van der Waals surface area (Å²) in [4.78, 5) is 0. The molecule has 0 radical (unpaired) electrons. The summed E-state index contributed by atoms with van der Waals surface area (Å²) in [6, 6.07) is 8.25. The van der Waals surface area contributed by atoms with E-state index in [-0.39, 0.29) is 0 Å². The molecule has 0 spiro atoms. The molecule has 1 aromatic carbocycles. The molecule has 1 aromatic rings. The largest absolute Gasteiger partial charge is 0.497 e. The van der Waals surface area contributed by atoms with E-state index in [4.69, 9.17) is 9.47 Å². The van der Waals surface area contributed by atoms with E-state index in [1.54, 1.807) is 14.2 Å². The van der Waals surface area contributed by atoms with Gasteiger partial charge in [0.15, 0.2) is 0 Å². The molecule has 0 saturated carbocycles. The molecule has 4 heteroatoms. The second-order valence-electron chi connectivity index (χ2n) is 4.44. The van der Waals surface area contributed by atoms with Gasteiger partial charge < -0.3 is 20.1 Å². The standard InChI is InChI=1S/C15H26N2O2/c1-18-13-12-17-10-3-9-16-11-8-14-4-6-15(19-2)7-5-14/h4-7,16-17H,3,8-13H2,1-2H3. The third-order valence-electron chi connectivity index (χ3n) is 2.94. The predicted molar refractivity (Wildman–Crippen MR) is 78.9 cm³/mol. The van der Waals surface area contributed by atoms with Crippen LogP contribution >= 0.6 is 0 Å². The Morgan fingerprint density at radius 3 is 2.21 bits per heavy atom. The van der Waals surface area contributed by atoms with Gasteiger partial charge in [-0.05, 0) is 50.2 Å². The van der Waals surface area contributed by atoms with Crippen molar-refractivity contribution in [3.8, 4) is 5.75 Å². The van der Waals surface area contributed by atoms with E-state index < -0.39 is 0 Å². The van der Waals surface area contributed by atoms with E-state index in [2.05, 4.69) is 22.8 Å². The van der Waals surface area contributed by atoms with Gasteiger partial charge in [-0.3, -0.25) is 0 Å². The average molecular weight is 266 g/mol. The van der Waals surface area contributed by atoms with Gasteiger partial charge in [-0.15, -0.1) is 0 Å². The van der Waals surface area contributed by atoms with Crippen LogP contribution < -0.4 is 15.4 Å². The van der Waals surface area contributed by atoms with Crippen molar-refractivity contribution < 1.29 is 9.47 Å². The highest BCUT2D eigenvalue weighted by atomic mass is 16.5. The van der Waals surface area contributed by atoms with Gasteiger partial charge in [0.25, 0.3) is 0 Å². The van der Waals surface area contributed by atoms with Crippen molar-refractivity contribution in [2.75, 3.05) is 47.0 Å². The van der Waals surface area contributed by atoms with E-state index in [0.717, 1.165) is 51.4 Å². The quantitative estimate of drug-likeness (QED) is 0.595. The summed E-state index contributed by atoms with van der Waals surface area (Å²) in [5.41, 5.74) is 1.34. The lowest BCUT2D eigenvalue weighted by Crippen LogP contribution is -2.25. The second kappa shape index (κ2) is 10.8. The molecule has 0 bridgehead atoms. The van der Waals surface area contributed by atoms with Crippen LogP contribution in [0.4, 0.5) is 0 Å². The number of ether oxygens (including phenoxy) is 2. The van der Waals surface area contributed by atoms with Crippen LogP contribution in [0.15, 0.2) is 24.3 Å². The maximum atomic E-state index is 5.14. The van der Waals surface area contributed by atoms with E-state index >= 15 is 0 Å². The third kappa shape index (κ3) is 7.82. The molecular formula is C15H26N2O2. The number of hydrogen-bond donors (Lipinski definition) is 2. The average Bonchev–Trinajstić information content (AvgIpc) is 2.46. The Hall–Kier alpha value is -1.10. The van der Waals surface area contributed by atoms with Crippen molar-refractivity contribution in [2.24, 2.45) is 0 Å². The Morgan fingerprint density at radius 2 is 1.58 bits per heavy atom. The van der Waals surface area contributed by atoms with Crippen LogP contribution in [0.3, 0.4) is 0 Å². The van der Waals surface area contributed by atoms with Crippen LogP contribution in [0.5, 0.6) is 5.75 Å². The highest BCUT2D eigenvalue weighted by Gasteiger charge is 1.94. The van der Waals surface area contributed by atoms with Gasteiger partial charge in [0.05, 0.1) is 13.7 Å². The van der Waals surface area contributed by atoms with Crippen molar-refractivity contribution in [1.29, 1.82) is 0 Å². The summed E-state index contributed by atoms with van der Waals surface area (Å²) in [6.45, 7) is 4.83. The van der Waals surface area contributed by atoms with Crippen molar-refractivity contribution in [2.45, 2.75) is 12.8 Å². The number of nitrogens with one attached hydrogen (secondary N) is 2. The molecule has 2 N–H and O–H groups in total. The summed E-state index contributed by atoms with van der Waals surface area (Å²) in [6.07, 6.45) is 2.20. The Bertz CT molecular complexity index is 314. The predicted octanol–water partition coefficient (Wildman–Crippen LogP) is 1.45. The minimum Gasteiger partial charge on any atom is -0.497 e. The molecule has 0 fully saturated rings. The second-order valence-corrected chi connectivity index (χ2v) is 4.44. The van der Waals surface area contributed by atoms with E-state index in [0.29, 0.717) is 0 Å². The van der Waals surface area contributed by atoms with E-state index in [9.17, 15) is 0 Å². The molecular weight excluding hydrogens is 240 g/mol. The fourth-order valence-corrected chi connectivity index (χ4v) is 1.79. The zero-order valence-corrected chi connectivity index (χ0v) is 12.1. The van der Waals surface area contributed by atoms with Crippen molar-refractivity contribution in [3.05, 3.63) is 29.8 Å². The number of rotatable bonds is 11. The highest BCUT2D eigenvalue weighted by molar-refractivity contribution is 5.27. The zero-order valence-electron chi connectivity index (χ0n) is 12.1. The summed E-state index contributed by atoms with van der Waals surface area (Å²) in [5, 5.41) is 6.78. The van der Waals surface area contributed by atoms with Gasteiger partial charge in [-0.2, -0.15) is 0 Å². The molecule has 1 rings (SSSR count). The monoisotopic (exact) mass is 266 g/mol. The molecule has 108 valence electrons. The van der Waals surface area contributed by atoms with E-state index in [1.807, 2.05) is 12.1 Å². The Labute approximate surface area is 116 Å². The summed E-state index contributed by atoms with van der Waals surface area (Å²) in [5.74, 6) is 0.916. The summed E-state index contributed by atoms with van der Waals surface area (Å²) in [7, 11) is 3.42. The first kappa shape index (κ1) is 16.0. The number of methoxy groups -OCH3 is 2. The Balaban J connectivity index is 1.95. The lowest BCUT2D eigenvalue weighted by molar-refractivity contribution is 0.199. The highest BCUT2D eigenvalue weighted by Crippen LogP contribution is 2.11. The first-order chi connectivity index (χ1) is 9.36.